The van der Waals surface area contributed by atoms with Crippen LogP contribution in [0.3, 0.4) is 0 Å². The van der Waals surface area contributed by atoms with Crippen LogP contribution < -0.4 is 0 Å². The number of hydrogen-bond donors (Lipinski definition) is 0. The molecular weight excluding hydrogens is 649 g/mol. The highest BCUT2D eigenvalue weighted by Gasteiger charge is 2.18. The molecule has 0 N–H and O–H groups in total. The molecular formula is C38H42O6S3. The van der Waals surface area contributed by atoms with E-state index in [-0.39, 0.29) is 22.2 Å². The molecule has 2 saturated heterocycles. The summed E-state index contributed by atoms with van der Waals surface area (Å²) in [7, 11) is -3.64. The normalized spacial score (nSPS) is 18.6. The summed E-state index contributed by atoms with van der Waals surface area (Å²) in [5, 5.41) is 0. The molecule has 2 fully saturated rings. The monoisotopic (exact) mass is 690 g/mol. The summed E-state index contributed by atoms with van der Waals surface area (Å²) in [6.45, 7) is 3.71. The fourth-order valence-electron chi connectivity index (χ4n) is 5.68. The van der Waals surface area contributed by atoms with Crippen molar-refractivity contribution >= 4 is 33.4 Å². The van der Waals surface area contributed by atoms with Crippen LogP contribution in [0.25, 0.3) is 22.3 Å². The quantitative estimate of drug-likeness (QED) is 0.0961. The second-order valence-electron chi connectivity index (χ2n) is 11.7. The lowest BCUT2D eigenvalue weighted by Gasteiger charge is -2.22. The molecule has 0 aromatic heterocycles. The molecule has 0 aliphatic carbocycles. The molecule has 0 radical (unpaired) electrons. The van der Waals surface area contributed by atoms with Crippen molar-refractivity contribution in [2.45, 2.75) is 64.1 Å². The number of thioether (sulfide) groups is 2. The fraction of sp³-hybridized carbons (Fsp3) is 0.368. The SMILES string of the molecule is O=S(=O)(c1ccc(-c2ccc(SCCOC3CCCOC3)cc2)cc1)c1ccc(-c2ccc(SCCOC3CCCCO3)cc2)cc1. The number of sulfone groups is 1. The molecule has 0 amide bonds. The molecule has 2 aliphatic rings. The number of ether oxygens (including phenoxy) is 4. The lowest BCUT2D eigenvalue weighted by Crippen LogP contribution is -2.26. The topological polar surface area (TPSA) is 71.1 Å². The van der Waals surface area contributed by atoms with Crippen LogP contribution in [-0.2, 0) is 28.8 Å². The van der Waals surface area contributed by atoms with Crippen LogP contribution in [-0.4, -0.2) is 65.4 Å². The van der Waals surface area contributed by atoms with E-state index in [0.29, 0.717) is 19.8 Å². The Morgan fingerprint density at radius 2 is 1.11 bits per heavy atom. The Labute approximate surface area is 287 Å². The van der Waals surface area contributed by atoms with E-state index in [4.69, 9.17) is 18.9 Å². The van der Waals surface area contributed by atoms with Crippen LogP contribution in [0, 0.1) is 0 Å². The van der Waals surface area contributed by atoms with Crippen molar-refractivity contribution in [1.82, 2.24) is 0 Å². The number of hydrogen-bond acceptors (Lipinski definition) is 8. The molecule has 0 bridgehead atoms. The van der Waals surface area contributed by atoms with Gasteiger partial charge in [-0.05, 0) is 103 Å². The standard InChI is InChI=1S/C38H42O6S3/c39-47(40,36-18-10-31(11-19-36)29-6-14-34(15-7-29)45-26-24-42-33-4-3-22-41-28-33)37-20-12-32(13-21-37)30-8-16-35(17-9-30)46-27-25-44-38-5-1-2-23-43-38/h6-21,33,38H,1-5,22-28H2. The summed E-state index contributed by atoms with van der Waals surface area (Å²) >= 11 is 3.53. The molecule has 0 spiro atoms. The van der Waals surface area contributed by atoms with Crippen molar-refractivity contribution in [3.05, 3.63) is 97.1 Å². The van der Waals surface area contributed by atoms with Crippen LogP contribution in [0.5, 0.6) is 0 Å². The largest absolute Gasteiger partial charge is 0.379 e. The van der Waals surface area contributed by atoms with Gasteiger partial charge in [0.1, 0.15) is 0 Å². The van der Waals surface area contributed by atoms with Crippen LogP contribution in [0.4, 0.5) is 0 Å². The second kappa shape index (κ2) is 17.2. The molecule has 47 heavy (non-hydrogen) atoms. The maximum Gasteiger partial charge on any atom is 0.206 e. The van der Waals surface area contributed by atoms with Crippen LogP contribution in [0.1, 0.15) is 32.1 Å². The highest BCUT2D eigenvalue weighted by Crippen LogP contribution is 2.30. The molecule has 4 aromatic rings. The fourth-order valence-corrected chi connectivity index (χ4v) is 8.42. The molecule has 6 rings (SSSR count). The second-order valence-corrected chi connectivity index (χ2v) is 16.0. The van der Waals surface area contributed by atoms with E-state index in [1.165, 1.54) is 16.2 Å². The smallest absolute Gasteiger partial charge is 0.206 e. The Bertz CT molecular complexity index is 1510. The molecule has 248 valence electrons. The van der Waals surface area contributed by atoms with E-state index in [9.17, 15) is 8.42 Å². The van der Waals surface area contributed by atoms with Gasteiger partial charge in [-0.15, -0.1) is 23.5 Å². The van der Waals surface area contributed by atoms with Crippen LogP contribution in [0.15, 0.2) is 117 Å². The third-order valence-corrected chi connectivity index (χ3v) is 12.1. The van der Waals surface area contributed by atoms with E-state index in [1.807, 2.05) is 24.3 Å². The first-order chi connectivity index (χ1) is 23.0. The summed E-state index contributed by atoms with van der Waals surface area (Å²) < 4.78 is 49.7. The first-order valence-electron chi connectivity index (χ1n) is 16.4. The summed E-state index contributed by atoms with van der Waals surface area (Å²) in [5.74, 6) is 1.76. The van der Waals surface area contributed by atoms with Gasteiger partial charge in [-0.3, -0.25) is 0 Å². The lowest BCUT2D eigenvalue weighted by molar-refractivity contribution is -0.158. The summed E-state index contributed by atoms with van der Waals surface area (Å²) in [5.41, 5.74) is 4.04. The molecule has 2 unspecified atom stereocenters. The van der Waals surface area contributed by atoms with Crippen molar-refractivity contribution in [1.29, 1.82) is 0 Å². The van der Waals surface area contributed by atoms with Gasteiger partial charge >= 0.3 is 0 Å². The van der Waals surface area contributed by atoms with Crippen LogP contribution in [0.2, 0.25) is 0 Å². The van der Waals surface area contributed by atoms with E-state index < -0.39 is 9.84 Å². The third-order valence-electron chi connectivity index (χ3n) is 8.32. The van der Waals surface area contributed by atoms with Gasteiger partial charge < -0.3 is 18.9 Å². The average Bonchev–Trinajstić information content (AvgIpc) is 3.13. The van der Waals surface area contributed by atoms with E-state index in [1.54, 1.807) is 47.8 Å². The molecule has 0 saturated carbocycles. The maximum atomic E-state index is 13.4. The van der Waals surface area contributed by atoms with Gasteiger partial charge in [0.15, 0.2) is 6.29 Å². The summed E-state index contributed by atoms with van der Waals surface area (Å²) in [4.78, 5) is 2.92. The zero-order valence-corrected chi connectivity index (χ0v) is 29.0. The minimum Gasteiger partial charge on any atom is -0.379 e. The Morgan fingerprint density at radius 3 is 1.57 bits per heavy atom. The summed E-state index contributed by atoms with van der Waals surface area (Å²) in [6, 6.07) is 31.0. The first kappa shape index (κ1) is 34.2. The Balaban J connectivity index is 0.987. The van der Waals surface area contributed by atoms with Crippen molar-refractivity contribution in [3.8, 4) is 22.3 Å². The van der Waals surface area contributed by atoms with Gasteiger partial charge in [0, 0.05) is 34.5 Å². The van der Waals surface area contributed by atoms with Gasteiger partial charge in [-0.25, -0.2) is 8.42 Å². The van der Waals surface area contributed by atoms with Crippen molar-refractivity contribution < 1.29 is 27.4 Å². The van der Waals surface area contributed by atoms with Gasteiger partial charge in [0.2, 0.25) is 9.84 Å². The highest BCUT2D eigenvalue weighted by atomic mass is 32.2. The van der Waals surface area contributed by atoms with Gasteiger partial charge in [-0.1, -0.05) is 48.5 Å². The van der Waals surface area contributed by atoms with Gasteiger partial charge in [0.05, 0.1) is 35.7 Å². The lowest BCUT2D eigenvalue weighted by atomic mass is 10.1. The zero-order chi connectivity index (χ0) is 32.3. The number of benzene rings is 4. The minimum absolute atomic E-state index is 0.0517. The summed E-state index contributed by atoms with van der Waals surface area (Å²) in [6.07, 6.45) is 5.60. The van der Waals surface area contributed by atoms with E-state index in [2.05, 4.69) is 48.5 Å². The van der Waals surface area contributed by atoms with Crippen molar-refractivity contribution in [3.63, 3.8) is 0 Å². The first-order valence-corrected chi connectivity index (χ1v) is 19.8. The van der Waals surface area contributed by atoms with Gasteiger partial charge in [0.25, 0.3) is 0 Å². The average molecular weight is 691 g/mol. The molecule has 6 nitrogen and oxygen atoms in total. The molecule has 2 atom stereocenters. The Hall–Kier alpha value is -2.63. The van der Waals surface area contributed by atoms with E-state index in [0.717, 1.165) is 72.7 Å². The predicted molar refractivity (Wildman–Crippen MR) is 190 cm³/mol. The van der Waals surface area contributed by atoms with Crippen LogP contribution >= 0.6 is 23.5 Å². The van der Waals surface area contributed by atoms with Crippen molar-refractivity contribution in [2.24, 2.45) is 0 Å². The Kier molecular flexibility index (Phi) is 12.5. The number of rotatable bonds is 14. The van der Waals surface area contributed by atoms with Gasteiger partial charge in [-0.2, -0.15) is 0 Å². The van der Waals surface area contributed by atoms with Crippen molar-refractivity contribution in [2.75, 3.05) is 44.5 Å². The highest BCUT2D eigenvalue weighted by molar-refractivity contribution is 7.99. The molecule has 2 heterocycles. The Morgan fingerprint density at radius 1 is 0.596 bits per heavy atom. The third kappa shape index (κ3) is 9.72. The zero-order valence-electron chi connectivity index (χ0n) is 26.6. The minimum atomic E-state index is -3.64. The molecule has 2 aliphatic heterocycles. The molecule has 9 heteroatoms. The maximum absolute atomic E-state index is 13.4. The van der Waals surface area contributed by atoms with E-state index >= 15 is 0 Å². The predicted octanol–water partition coefficient (Wildman–Crippen LogP) is 8.78. The molecule has 4 aromatic carbocycles.